The fourth-order valence-corrected chi connectivity index (χ4v) is 4.13. The molecule has 0 radical (unpaired) electrons. The number of aromatic nitrogens is 3. The van der Waals surface area contributed by atoms with Crippen molar-refractivity contribution in [1.29, 1.82) is 0 Å². The van der Waals surface area contributed by atoms with Gasteiger partial charge in [-0.1, -0.05) is 47.5 Å². The molecule has 1 aliphatic rings. The molecule has 2 aromatic heterocycles. The summed E-state index contributed by atoms with van der Waals surface area (Å²) >= 11 is 12.7. The van der Waals surface area contributed by atoms with E-state index < -0.39 is 0 Å². The molecule has 0 aliphatic carbocycles. The molecule has 1 amide bonds. The minimum atomic E-state index is -0.256. The number of halogens is 2. The van der Waals surface area contributed by atoms with E-state index in [0.717, 1.165) is 22.3 Å². The van der Waals surface area contributed by atoms with Crippen molar-refractivity contribution in [3.63, 3.8) is 0 Å². The average molecular weight is 413 g/mol. The van der Waals surface area contributed by atoms with Crippen LogP contribution in [0.15, 0.2) is 46.9 Å². The molecule has 140 valence electrons. The molecule has 0 unspecified atom stereocenters. The minimum absolute atomic E-state index is 0.134. The van der Waals surface area contributed by atoms with Gasteiger partial charge in [-0.3, -0.25) is 4.79 Å². The number of carbonyl (C=O) groups is 1. The molecule has 0 bridgehead atoms. The lowest BCUT2D eigenvalue weighted by molar-refractivity contribution is -0.116. The zero-order valence-electron chi connectivity index (χ0n) is 14.7. The van der Waals surface area contributed by atoms with E-state index in [9.17, 15) is 4.79 Å². The summed E-state index contributed by atoms with van der Waals surface area (Å²) in [4.78, 5) is 17.0. The number of nitrogens with zero attached hydrogens (tertiary/aromatic N) is 3. The van der Waals surface area contributed by atoms with E-state index in [1.165, 1.54) is 4.68 Å². The van der Waals surface area contributed by atoms with E-state index in [1.54, 1.807) is 6.07 Å². The molecule has 0 saturated heterocycles. The van der Waals surface area contributed by atoms with Crippen LogP contribution in [0.4, 0.5) is 5.82 Å². The molecule has 0 saturated carbocycles. The quantitative estimate of drug-likeness (QED) is 0.496. The van der Waals surface area contributed by atoms with Crippen molar-refractivity contribution in [3.05, 3.63) is 69.3 Å². The topological polar surface area (TPSA) is 73.0 Å². The van der Waals surface area contributed by atoms with Crippen LogP contribution >= 0.6 is 23.2 Å². The summed E-state index contributed by atoms with van der Waals surface area (Å²) in [6.45, 7) is 1.89. The van der Waals surface area contributed by atoms with E-state index in [2.05, 4.69) is 15.4 Å². The van der Waals surface area contributed by atoms with Crippen molar-refractivity contribution >= 4 is 46.0 Å². The van der Waals surface area contributed by atoms with Crippen LogP contribution in [-0.2, 0) is 4.79 Å². The summed E-state index contributed by atoms with van der Waals surface area (Å²) in [5.41, 5.74) is 3.81. The Balaban J connectivity index is 1.70. The second-order valence-electron chi connectivity index (χ2n) is 6.67. The molecule has 4 aromatic rings. The van der Waals surface area contributed by atoms with Gasteiger partial charge in [-0.15, -0.1) is 0 Å². The van der Waals surface area contributed by atoms with Crippen LogP contribution in [0.25, 0.3) is 17.1 Å². The van der Waals surface area contributed by atoms with Crippen molar-refractivity contribution in [3.8, 4) is 6.01 Å². The highest BCUT2D eigenvalue weighted by atomic mass is 35.5. The van der Waals surface area contributed by atoms with Gasteiger partial charge < -0.3 is 9.73 Å². The first-order valence-corrected chi connectivity index (χ1v) is 9.47. The van der Waals surface area contributed by atoms with Gasteiger partial charge in [0, 0.05) is 17.9 Å². The van der Waals surface area contributed by atoms with Gasteiger partial charge in [0.1, 0.15) is 11.3 Å². The number of nitrogens with one attached hydrogen (secondary N) is 1. The number of rotatable bonds is 2. The Bertz CT molecular complexity index is 1210. The van der Waals surface area contributed by atoms with Gasteiger partial charge in [-0.05, 0) is 30.7 Å². The maximum Gasteiger partial charge on any atom is 0.325 e. The van der Waals surface area contributed by atoms with Crippen LogP contribution in [0.1, 0.15) is 29.2 Å². The predicted octanol–water partition coefficient (Wildman–Crippen LogP) is 5.10. The highest BCUT2D eigenvalue weighted by Crippen LogP contribution is 2.43. The molecule has 6 nitrogen and oxygen atoms in total. The fraction of sp³-hybridized carbons (Fsp3) is 0.150. The normalized spacial score (nSPS) is 16.2. The van der Waals surface area contributed by atoms with Gasteiger partial charge in [0.15, 0.2) is 5.58 Å². The summed E-state index contributed by atoms with van der Waals surface area (Å²) in [5.74, 6) is 0.153. The zero-order chi connectivity index (χ0) is 19.4. The third-order valence-electron chi connectivity index (χ3n) is 4.92. The first-order chi connectivity index (χ1) is 13.5. The number of para-hydroxylation sites is 2. The summed E-state index contributed by atoms with van der Waals surface area (Å²) in [5, 5.41) is 8.40. The standard InChI is InChI=1S/C20H14Cl2N4O2/c1-10-17-12(11-5-4-6-13(21)18(11)22)9-16(27)24-19(17)26(25-10)20-23-14-7-2-3-8-15(14)28-20/h2-8,12H,9H2,1H3,(H,24,27)/t12-/m0/s1. The Morgan fingerprint density at radius 3 is 2.82 bits per heavy atom. The number of anilines is 1. The van der Waals surface area contributed by atoms with Crippen molar-refractivity contribution in [1.82, 2.24) is 14.8 Å². The Morgan fingerprint density at radius 1 is 1.18 bits per heavy atom. The zero-order valence-corrected chi connectivity index (χ0v) is 16.3. The molecule has 28 heavy (non-hydrogen) atoms. The lowest BCUT2D eigenvalue weighted by atomic mass is 9.86. The minimum Gasteiger partial charge on any atom is -0.422 e. The van der Waals surface area contributed by atoms with E-state index in [1.807, 2.05) is 43.3 Å². The summed E-state index contributed by atoms with van der Waals surface area (Å²) < 4.78 is 7.38. The number of amides is 1. The first-order valence-electron chi connectivity index (χ1n) is 8.72. The van der Waals surface area contributed by atoms with Crippen molar-refractivity contribution in [2.45, 2.75) is 19.3 Å². The monoisotopic (exact) mass is 412 g/mol. The molecule has 5 rings (SSSR count). The van der Waals surface area contributed by atoms with Crippen LogP contribution in [0.5, 0.6) is 0 Å². The molecule has 1 atom stereocenters. The van der Waals surface area contributed by atoms with E-state index in [0.29, 0.717) is 27.5 Å². The molecular formula is C20H14Cl2N4O2. The number of aryl methyl sites for hydroxylation is 1. The van der Waals surface area contributed by atoms with Crippen LogP contribution < -0.4 is 5.32 Å². The van der Waals surface area contributed by atoms with Gasteiger partial charge in [-0.25, -0.2) is 0 Å². The fourth-order valence-electron chi connectivity index (χ4n) is 3.69. The number of oxazole rings is 1. The summed E-state index contributed by atoms with van der Waals surface area (Å²) in [6.07, 6.45) is 0.257. The van der Waals surface area contributed by atoms with Gasteiger partial charge >= 0.3 is 6.01 Å². The smallest absolute Gasteiger partial charge is 0.325 e. The van der Waals surface area contributed by atoms with E-state index in [4.69, 9.17) is 27.6 Å². The number of hydrogen-bond donors (Lipinski definition) is 1. The van der Waals surface area contributed by atoms with Crippen molar-refractivity contribution in [2.75, 3.05) is 5.32 Å². The second kappa shape index (κ2) is 6.36. The lowest BCUT2D eigenvalue weighted by Gasteiger charge is -2.25. The van der Waals surface area contributed by atoms with Gasteiger partial charge in [-0.2, -0.15) is 14.8 Å². The Hall–Kier alpha value is -2.83. The predicted molar refractivity (Wildman–Crippen MR) is 107 cm³/mol. The first kappa shape index (κ1) is 17.3. The van der Waals surface area contributed by atoms with E-state index >= 15 is 0 Å². The molecule has 0 fully saturated rings. The number of fused-ring (bicyclic) bond motifs is 2. The number of benzene rings is 2. The number of hydrogen-bond acceptors (Lipinski definition) is 4. The average Bonchev–Trinajstić information content (AvgIpc) is 3.24. The maximum absolute atomic E-state index is 12.5. The van der Waals surface area contributed by atoms with Crippen LogP contribution in [0, 0.1) is 6.92 Å². The van der Waals surface area contributed by atoms with Crippen LogP contribution in [0.2, 0.25) is 10.0 Å². The summed E-state index contributed by atoms with van der Waals surface area (Å²) in [6, 6.07) is 13.2. The number of carbonyl (C=O) groups excluding carboxylic acids is 1. The molecule has 3 heterocycles. The Morgan fingerprint density at radius 2 is 2.00 bits per heavy atom. The third-order valence-corrected chi connectivity index (χ3v) is 5.76. The van der Waals surface area contributed by atoms with Gasteiger partial charge in [0.05, 0.1) is 15.7 Å². The van der Waals surface area contributed by atoms with Crippen molar-refractivity contribution in [2.24, 2.45) is 0 Å². The SMILES string of the molecule is Cc1nn(-c2nc3ccccc3o2)c2c1[C@H](c1cccc(Cl)c1Cl)CC(=O)N2. The molecule has 2 aromatic carbocycles. The highest BCUT2D eigenvalue weighted by Gasteiger charge is 2.34. The lowest BCUT2D eigenvalue weighted by Crippen LogP contribution is -2.25. The molecule has 8 heteroatoms. The Kier molecular flexibility index (Phi) is 3.92. The van der Waals surface area contributed by atoms with Gasteiger partial charge in [0.2, 0.25) is 5.91 Å². The van der Waals surface area contributed by atoms with Crippen LogP contribution in [0.3, 0.4) is 0 Å². The highest BCUT2D eigenvalue weighted by molar-refractivity contribution is 6.42. The molecule has 1 N–H and O–H groups in total. The largest absolute Gasteiger partial charge is 0.422 e. The van der Waals surface area contributed by atoms with Gasteiger partial charge in [0.25, 0.3) is 0 Å². The van der Waals surface area contributed by atoms with E-state index in [-0.39, 0.29) is 18.2 Å². The van der Waals surface area contributed by atoms with Crippen LogP contribution in [-0.4, -0.2) is 20.7 Å². The molecule has 0 spiro atoms. The van der Waals surface area contributed by atoms with Crippen molar-refractivity contribution < 1.29 is 9.21 Å². The molecule has 1 aliphatic heterocycles. The Labute approximate surface area is 170 Å². The maximum atomic E-state index is 12.5. The molecular weight excluding hydrogens is 399 g/mol. The summed E-state index contributed by atoms with van der Waals surface area (Å²) in [7, 11) is 0. The second-order valence-corrected chi connectivity index (χ2v) is 7.46. The third kappa shape index (κ3) is 2.60.